The van der Waals surface area contributed by atoms with Crippen LogP contribution in [0.15, 0.2) is 95.6 Å². The van der Waals surface area contributed by atoms with Gasteiger partial charge in [0.05, 0.1) is 33.9 Å². The fourth-order valence-corrected chi connectivity index (χ4v) is 5.36. The van der Waals surface area contributed by atoms with Gasteiger partial charge in [0.25, 0.3) is 0 Å². The number of benzene rings is 3. The molecule has 0 saturated carbocycles. The second-order valence-corrected chi connectivity index (χ2v) is 10.2. The van der Waals surface area contributed by atoms with Crippen molar-refractivity contribution in [3.05, 3.63) is 119 Å². The van der Waals surface area contributed by atoms with E-state index in [9.17, 15) is 5.11 Å². The Bertz CT molecular complexity index is 1670. The van der Waals surface area contributed by atoms with Crippen LogP contribution < -0.4 is 0 Å². The molecule has 0 aliphatic rings. The van der Waals surface area contributed by atoms with Gasteiger partial charge in [0.15, 0.2) is 0 Å². The molecule has 0 aliphatic heterocycles. The second kappa shape index (κ2) is 8.71. The molecule has 6 aromatic rings. The Balaban J connectivity index is 1.74. The Kier molecular flexibility index (Phi) is 5.46. The molecule has 3 heterocycles. The summed E-state index contributed by atoms with van der Waals surface area (Å²) in [4.78, 5) is 4.98. The molecule has 0 fully saturated rings. The third kappa shape index (κ3) is 3.92. The van der Waals surface area contributed by atoms with Crippen LogP contribution in [0.3, 0.4) is 0 Å². The number of aryl methyl sites for hydroxylation is 2. The zero-order valence-electron chi connectivity index (χ0n) is 21.4. The highest BCUT2D eigenvalue weighted by atomic mass is 16.5. The van der Waals surface area contributed by atoms with Crippen molar-refractivity contribution in [1.29, 1.82) is 0 Å². The smallest absolute Gasteiger partial charge is 0.141 e. The molecule has 0 atom stereocenters. The van der Waals surface area contributed by atoms with E-state index in [-0.39, 0.29) is 6.04 Å². The predicted octanol–water partition coefficient (Wildman–Crippen LogP) is 7.33. The molecule has 0 aliphatic carbocycles. The number of fused-ring (bicyclic) bond motifs is 3. The van der Waals surface area contributed by atoms with Crippen molar-refractivity contribution >= 4 is 21.9 Å². The zero-order chi connectivity index (χ0) is 25.7. The predicted molar refractivity (Wildman–Crippen MR) is 148 cm³/mol. The summed E-state index contributed by atoms with van der Waals surface area (Å²) >= 11 is 0. The van der Waals surface area contributed by atoms with E-state index in [1.807, 2.05) is 52.1 Å². The lowest BCUT2D eigenvalue weighted by molar-refractivity contribution is 0.0787. The molecule has 3 aromatic carbocycles. The van der Waals surface area contributed by atoms with Crippen molar-refractivity contribution in [2.75, 3.05) is 0 Å². The van der Waals surface area contributed by atoms with E-state index in [0.29, 0.717) is 0 Å². The Labute approximate surface area is 216 Å². The van der Waals surface area contributed by atoms with Crippen LogP contribution in [0.1, 0.15) is 48.0 Å². The largest absolute Gasteiger partial charge is 0.386 e. The van der Waals surface area contributed by atoms with Crippen LogP contribution in [0.2, 0.25) is 0 Å². The van der Waals surface area contributed by atoms with Crippen molar-refractivity contribution in [1.82, 2.24) is 14.7 Å². The van der Waals surface area contributed by atoms with E-state index >= 15 is 0 Å². The van der Waals surface area contributed by atoms with Crippen molar-refractivity contribution in [2.24, 2.45) is 0 Å². The lowest BCUT2D eigenvalue weighted by atomic mass is 9.96. The van der Waals surface area contributed by atoms with Gasteiger partial charge in [-0.15, -0.1) is 0 Å². The molecule has 3 aromatic heterocycles. The normalized spacial score (nSPS) is 12.2. The lowest BCUT2D eigenvalue weighted by Gasteiger charge is -2.24. The molecule has 1 N–H and O–H groups in total. The molecule has 184 valence electrons. The number of hydrogen-bond acceptors (Lipinski definition) is 4. The van der Waals surface area contributed by atoms with Crippen molar-refractivity contribution < 1.29 is 9.63 Å². The molecule has 0 amide bonds. The molecular weight excluding hydrogens is 458 g/mol. The fraction of sp³-hybridized carbons (Fsp3) is 0.188. The van der Waals surface area contributed by atoms with Crippen LogP contribution >= 0.6 is 0 Å². The molecule has 0 radical (unpaired) electrons. The molecule has 0 unspecified atom stereocenters. The van der Waals surface area contributed by atoms with Crippen LogP contribution in [0.5, 0.6) is 0 Å². The summed E-state index contributed by atoms with van der Waals surface area (Å²) in [5.41, 5.74) is 7.96. The minimum atomic E-state index is -0.972. The van der Waals surface area contributed by atoms with Crippen molar-refractivity contribution in [3.8, 4) is 11.1 Å². The minimum Gasteiger partial charge on any atom is -0.386 e. The van der Waals surface area contributed by atoms with Crippen molar-refractivity contribution in [3.63, 3.8) is 0 Å². The van der Waals surface area contributed by atoms with Crippen LogP contribution in [-0.2, 0) is 5.60 Å². The number of hydrogen-bond donors (Lipinski definition) is 1. The van der Waals surface area contributed by atoms with Gasteiger partial charge in [-0.2, -0.15) is 0 Å². The maximum Gasteiger partial charge on any atom is 0.141 e. The van der Waals surface area contributed by atoms with Crippen LogP contribution in [0.4, 0.5) is 0 Å². The van der Waals surface area contributed by atoms with Crippen LogP contribution in [0, 0.1) is 13.8 Å². The molecular formula is C32H29N3O2. The Morgan fingerprint density at radius 1 is 0.838 bits per heavy atom. The average molecular weight is 488 g/mol. The summed E-state index contributed by atoms with van der Waals surface area (Å²) in [6.07, 6.45) is 1.91. The summed E-state index contributed by atoms with van der Waals surface area (Å²) in [6.45, 7) is 7.53. The average Bonchev–Trinajstić information content (AvgIpc) is 3.40. The van der Waals surface area contributed by atoms with Crippen molar-refractivity contribution in [2.45, 2.75) is 39.3 Å². The standard InChI is InChI=1S/C32H29N3O2/c1-20-29(21(2)37-34-20)24-17-28-30(33-19-24)26-16-15-25(32(3,4)36)18-27(26)35(28)31(22-11-7-5-8-12-22)23-13-9-6-10-14-23/h5-19,31,36H,1-4H3. The number of nitrogens with zero attached hydrogens (tertiary/aromatic N) is 3. The van der Waals surface area contributed by atoms with Gasteiger partial charge in [-0.3, -0.25) is 4.98 Å². The summed E-state index contributed by atoms with van der Waals surface area (Å²) in [6, 6.07) is 29.3. The molecule has 0 saturated heterocycles. The van der Waals surface area contributed by atoms with E-state index in [2.05, 4.69) is 76.5 Å². The van der Waals surface area contributed by atoms with E-state index in [0.717, 1.165) is 50.1 Å². The van der Waals surface area contributed by atoms with Gasteiger partial charge in [-0.05, 0) is 56.5 Å². The first-order chi connectivity index (χ1) is 17.8. The van der Waals surface area contributed by atoms with Gasteiger partial charge in [-0.25, -0.2) is 0 Å². The summed E-state index contributed by atoms with van der Waals surface area (Å²) < 4.78 is 7.84. The first-order valence-corrected chi connectivity index (χ1v) is 12.5. The number of aliphatic hydroxyl groups is 1. The zero-order valence-corrected chi connectivity index (χ0v) is 21.4. The topological polar surface area (TPSA) is 64.1 Å². The van der Waals surface area contributed by atoms with Gasteiger partial charge >= 0.3 is 0 Å². The summed E-state index contributed by atoms with van der Waals surface area (Å²) in [5, 5.41) is 16.1. The molecule has 6 rings (SSSR count). The number of rotatable bonds is 5. The quantitative estimate of drug-likeness (QED) is 0.277. The number of aromatic nitrogens is 3. The fourth-order valence-electron chi connectivity index (χ4n) is 5.36. The third-order valence-electron chi connectivity index (χ3n) is 7.16. The van der Waals surface area contributed by atoms with E-state index in [1.165, 1.54) is 11.1 Å². The highest BCUT2D eigenvalue weighted by Gasteiger charge is 2.25. The second-order valence-electron chi connectivity index (χ2n) is 10.2. The highest BCUT2D eigenvalue weighted by Crippen LogP contribution is 2.40. The summed E-state index contributed by atoms with van der Waals surface area (Å²) in [7, 11) is 0. The van der Waals surface area contributed by atoms with Gasteiger partial charge in [0.1, 0.15) is 5.76 Å². The monoisotopic (exact) mass is 487 g/mol. The lowest BCUT2D eigenvalue weighted by Crippen LogP contribution is -2.16. The number of pyridine rings is 1. The first kappa shape index (κ1) is 23.2. The van der Waals surface area contributed by atoms with Gasteiger partial charge in [-0.1, -0.05) is 78.0 Å². The third-order valence-corrected chi connectivity index (χ3v) is 7.16. The maximum atomic E-state index is 10.9. The molecule has 5 heteroatoms. The van der Waals surface area contributed by atoms with Gasteiger partial charge < -0.3 is 14.2 Å². The molecule has 0 bridgehead atoms. The first-order valence-electron chi connectivity index (χ1n) is 12.5. The van der Waals surface area contributed by atoms with E-state index in [4.69, 9.17) is 9.51 Å². The SMILES string of the molecule is Cc1noc(C)c1-c1cnc2c3ccc(C(C)(C)O)cc3n(C(c3ccccc3)c3ccccc3)c2c1. The summed E-state index contributed by atoms with van der Waals surface area (Å²) in [5.74, 6) is 0.772. The van der Waals surface area contributed by atoms with Crippen LogP contribution in [-0.4, -0.2) is 19.8 Å². The molecule has 5 nitrogen and oxygen atoms in total. The maximum absolute atomic E-state index is 10.9. The van der Waals surface area contributed by atoms with Gasteiger partial charge in [0.2, 0.25) is 0 Å². The van der Waals surface area contributed by atoms with E-state index in [1.54, 1.807) is 0 Å². The highest BCUT2D eigenvalue weighted by molar-refractivity contribution is 6.07. The Morgan fingerprint density at radius 2 is 1.49 bits per heavy atom. The molecule has 0 spiro atoms. The van der Waals surface area contributed by atoms with E-state index < -0.39 is 5.60 Å². The molecule has 37 heavy (non-hydrogen) atoms. The minimum absolute atomic E-state index is 0.0961. The van der Waals surface area contributed by atoms with Crippen LogP contribution in [0.25, 0.3) is 33.1 Å². The Hall–Kier alpha value is -4.22. The van der Waals surface area contributed by atoms with Gasteiger partial charge in [0, 0.05) is 22.7 Å². The Morgan fingerprint density at radius 3 is 2.05 bits per heavy atom.